The fourth-order valence-electron chi connectivity index (χ4n) is 1.76. The Hall–Kier alpha value is -2.39. The molecule has 0 radical (unpaired) electrons. The topological polar surface area (TPSA) is 61.7 Å². The first-order chi connectivity index (χ1) is 11.3. The third-order valence-corrected chi connectivity index (χ3v) is 2.98. The quantitative estimate of drug-likeness (QED) is 0.426. The zero-order valence-corrected chi connectivity index (χ0v) is 12.0. The van der Waals surface area contributed by atoms with Crippen molar-refractivity contribution < 1.29 is 36.9 Å². The van der Waals surface area contributed by atoms with E-state index in [0.29, 0.717) is 5.69 Å². The predicted octanol–water partition coefficient (Wildman–Crippen LogP) is 2.94. The second-order valence-corrected chi connectivity index (χ2v) is 4.75. The second kappa shape index (κ2) is 7.45. The minimum Gasteiger partial charge on any atom is -0.451 e. The lowest BCUT2D eigenvalue weighted by Crippen LogP contribution is -2.22. The van der Waals surface area contributed by atoms with Crippen LogP contribution in [0.4, 0.5) is 27.6 Å². The van der Waals surface area contributed by atoms with E-state index in [0.717, 1.165) is 0 Å². The fourth-order valence-corrected chi connectivity index (χ4v) is 1.76. The first kappa shape index (κ1) is 18.0. The van der Waals surface area contributed by atoms with Gasteiger partial charge >= 0.3 is 0 Å². The van der Waals surface area contributed by atoms with Crippen molar-refractivity contribution in [2.24, 2.45) is 0 Å². The van der Waals surface area contributed by atoms with Crippen molar-refractivity contribution in [3.05, 3.63) is 53.4 Å². The number of aliphatic hydroxyl groups is 2. The highest BCUT2D eigenvalue weighted by atomic mass is 19.2. The average Bonchev–Trinajstić information content (AvgIpc) is 2.60. The van der Waals surface area contributed by atoms with Gasteiger partial charge in [-0.2, -0.15) is 8.78 Å². The molecule has 0 saturated heterocycles. The number of anilines is 1. The fraction of sp³-hybridized carbons (Fsp3) is 0.200. The highest BCUT2D eigenvalue weighted by molar-refractivity contribution is 5.49. The largest absolute Gasteiger partial charge is 0.451 e. The molecule has 2 aromatic carbocycles. The lowest BCUT2D eigenvalue weighted by atomic mass is 10.2. The molecule has 0 saturated carbocycles. The molecule has 130 valence electrons. The van der Waals surface area contributed by atoms with Crippen molar-refractivity contribution in [1.82, 2.24) is 0 Å². The molecule has 0 aromatic heterocycles. The van der Waals surface area contributed by atoms with E-state index in [1.165, 1.54) is 24.3 Å². The van der Waals surface area contributed by atoms with Crippen LogP contribution < -0.4 is 10.1 Å². The van der Waals surface area contributed by atoms with Crippen LogP contribution in [-0.4, -0.2) is 29.5 Å². The molecule has 0 fully saturated rings. The van der Waals surface area contributed by atoms with Crippen molar-refractivity contribution in [2.45, 2.75) is 6.10 Å². The van der Waals surface area contributed by atoms with E-state index in [4.69, 9.17) is 9.84 Å². The van der Waals surface area contributed by atoms with Crippen LogP contribution in [0.3, 0.4) is 0 Å². The van der Waals surface area contributed by atoms with Crippen molar-refractivity contribution in [1.29, 1.82) is 0 Å². The van der Waals surface area contributed by atoms with Gasteiger partial charge < -0.3 is 20.3 Å². The third kappa shape index (κ3) is 3.74. The number of ether oxygens (including phenoxy) is 1. The van der Waals surface area contributed by atoms with Crippen LogP contribution in [0, 0.1) is 29.1 Å². The van der Waals surface area contributed by atoms with Crippen LogP contribution >= 0.6 is 0 Å². The summed E-state index contributed by atoms with van der Waals surface area (Å²) in [7, 11) is 0. The molecule has 24 heavy (non-hydrogen) atoms. The van der Waals surface area contributed by atoms with Crippen molar-refractivity contribution in [3.8, 4) is 11.5 Å². The van der Waals surface area contributed by atoms with Crippen LogP contribution in [0.25, 0.3) is 0 Å². The summed E-state index contributed by atoms with van der Waals surface area (Å²) in [5.74, 6) is -12.3. The van der Waals surface area contributed by atoms with Crippen molar-refractivity contribution >= 4 is 5.69 Å². The Kier molecular flexibility index (Phi) is 5.58. The number of benzene rings is 2. The molecule has 2 aromatic rings. The molecule has 1 atom stereocenters. The molecule has 9 heteroatoms. The third-order valence-electron chi connectivity index (χ3n) is 2.98. The maximum Gasteiger partial charge on any atom is 0.207 e. The van der Waals surface area contributed by atoms with E-state index >= 15 is 0 Å². The van der Waals surface area contributed by atoms with Crippen LogP contribution in [0.15, 0.2) is 24.3 Å². The molecule has 4 nitrogen and oxygen atoms in total. The van der Waals surface area contributed by atoms with Gasteiger partial charge in [0.2, 0.25) is 34.8 Å². The number of hydrogen-bond acceptors (Lipinski definition) is 4. The summed E-state index contributed by atoms with van der Waals surface area (Å²) in [6.07, 6.45) is -1.04. The summed E-state index contributed by atoms with van der Waals surface area (Å²) in [5.41, 5.74) is 0.337. The Bertz CT molecular complexity index is 712. The van der Waals surface area contributed by atoms with Gasteiger partial charge in [0.05, 0.1) is 12.7 Å². The van der Waals surface area contributed by atoms with Gasteiger partial charge in [-0.1, -0.05) is 6.07 Å². The van der Waals surface area contributed by atoms with Gasteiger partial charge in [-0.15, -0.1) is 0 Å². The minimum atomic E-state index is -2.27. The number of halogens is 5. The first-order valence-electron chi connectivity index (χ1n) is 6.67. The smallest absolute Gasteiger partial charge is 0.207 e. The van der Waals surface area contributed by atoms with Crippen LogP contribution in [0.5, 0.6) is 11.5 Å². The molecule has 1 unspecified atom stereocenters. The molecule has 2 rings (SSSR count). The van der Waals surface area contributed by atoms with Gasteiger partial charge in [0, 0.05) is 18.3 Å². The Morgan fingerprint density at radius 2 is 1.54 bits per heavy atom. The molecule has 0 aliphatic rings. The van der Waals surface area contributed by atoms with E-state index in [1.807, 2.05) is 0 Å². The predicted molar refractivity (Wildman–Crippen MR) is 74.3 cm³/mol. The maximum absolute atomic E-state index is 13.6. The molecular weight excluding hydrogens is 337 g/mol. The molecule has 0 amide bonds. The Morgan fingerprint density at radius 1 is 0.958 bits per heavy atom. The van der Waals surface area contributed by atoms with E-state index < -0.39 is 47.5 Å². The van der Waals surface area contributed by atoms with Crippen LogP contribution in [0.1, 0.15) is 0 Å². The van der Waals surface area contributed by atoms with Crippen molar-refractivity contribution in [2.75, 3.05) is 18.5 Å². The zero-order chi connectivity index (χ0) is 17.9. The van der Waals surface area contributed by atoms with Crippen LogP contribution in [0.2, 0.25) is 0 Å². The highest BCUT2D eigenvalue weighted by Gasteiger charge is 2.27. The lowest BCUT2D eigenvalue weighted by molar-refractivity contribution is 0.105. The summed E-state index contributed by atoms with van der Waals surface area (Å²) in [6.45, 7) is -0.504. The number of nitrogens with one attached hydrogen (secondary N) is 1. The zero-order valence-electron chi connectivity index (χ0n) is 12.0. The van der Waals surface area contributed by atoms with E-state index in [2.05, 4.69) is 5.32 Å². The molecule has 0 spiro atoms. The summed E-state index contributed by atoms with van der Waals surface area (Å²) >= 11 is 0. The molecule has 3 N–H and O–H groups in total. The number of rotatable bonds is 6. The van der Waals surface area contributed by atoms with E-state index in [9.17, 15) is 27.1 Å². The summed E-state index contributed by atoms with van der Waals surface area (Å²) < 4.78 is 71.1. The van der Waals surface area contributed by atoms with Crippen molar-refractivity contribution in [3.63, 3.8) is 0 Å². The van der Waals surface area contributed by atoms with Gasteiger partial charge in [-0.3, -0.25) is 0 Å². The summed E-state index contributed by atoms with van der Waals surface area (Å²) in [4.78, 5) is 0. The van der Waals surface area contributed by atoms with E-state index in [-0.39, 0.29) is 12.3 Å². The molecule has 0 heterocycles. The minimum absolute atomic E-state index is 0.0253. The van der Waals surface area contributed by atoms with Gasteiger partial charge in [-0.25, -0.2) is 13.2 Å². The maximum atomic E-state index is 13.6. The average molecular weight is 349 g/mol. The standard InChI is InChI=1S/C15H12F5NO3/c16-10-11(17)13(19)15(14(20)12(10)18)24-9-3-1-2-7(4-9)21-5-8(23)6-22/h1-4,8,21-23H,5-6H2. The van der Waals surface area contributed by atoms with Gasteiger partial charge in [0.25, 0.3) is 0 Å². The van der Waals surface area contributed by atoms with Gasteiger partial charge in [0.1, 0.15) is 5.75 Å². The summed E-state index contributed by atoms with van der Waals surface area (Å²) in [5, 5.41) is 20.6. The monoisotopic (exact) mass is 349 g/mol. The van der Waals surface area contributed by atoms with Gasteiger partial charge in [0.15, 0.2) is 0 Å². The molecule has 0 bridgehead atoms. The number of hydrogen-bond donors (Lipinski definition) is 3. The second-order valence-electron chi connectivity index (χ2n) is 4.75. The first-order valence-corrected chi connectivity index (χ1v) is 6.67. The Balaban J connectivity index is 2.26. The molecule has 0 aliphatic carbocycles. The summed E-state index contributed by atoms with van der Waals surface area (Å²) in [6, 6.07) is 5.37. The number of aliphatic hydroxyl groups excluding tert-OH is 2. The molecule has 0 aliphatic heterocycles. The highest BCUT2D eigenvalue weighted by Crippen LogP contribution is 2.33. The van der Waals surface area contributed by atoms with Gasteiger partial charge in [-0.05, 0) is 12.1 Å². The van der Waals surface area contributed by atoms with E-state index in [1.54, 1.807) is 0 Å². The Morgan fingerprint density at radius 3 is 2.12 bits per heavy atom. The SMILES string of the molecule is OCC(O)CNc1cccc(Oc2c(F)c(F)c(F)c(F)c2F)c1. The van der Waals surface area contributed by atoms with Crippen LogP contribution in [-0.2, 0) is 0 Å². The Labute approximate surface area is 133 Å². The lowest BCUT2D eigenvalue weighted by Gasteiger charge is -2.13. The normalized spacial score (nSPS) is 12.1. The molecular formula is C15H12F5NO3.